The van der Waals surface area contributed by atoms with E-state index in [0.717, 1.165) is 5.76 Å². The van der Waals surface area contributed by atoms with E-state index >= 15 is 0 Å². The number of oxazole rings is 1. The van der Waals surface area contributed by atoms with Crippen molar-refractivity contribution in [2.24, 2.45) is 0 Å². The normalized spacial score (nSPS) is 11.6. The maximum atomic E-state index is 5.49. The van der Waals surface area contributed by atoms with Gasteiger partial charge in [0, 0.05) is 6.04 Å². The lowest BCUT2D eigenvalue weighted by molar-refractivity contribution is 0.0538. The third-order valence-corrected chi connectivity index (χ3v) is 1.82. The van der Waals surface area contributed by atoms with Crippen molar-refractivity contribution in [1.82, 2.24) is 10.3 Å². The van der Waals surface area contributed by atoms with Gasteiger partial charge in [0.1, 0.15) is 12.4 Å². The number of nitrogens with zero attached hydrogens (tertiary/aromatic N) is 1. The van der Waals surface area contributed by atoms with Crippen LogP contribution in [-0.2, 0) is 17.9 Å². The van der Waals surface area contributed by atoms with Gasteiger partial charge in [0.15, 0.2) is 0 Å². The van der Waals surface area contributed by atoms with E-state index in [2.05, 4.69) is 24.1 Å². The van der Waals surface area contributed by atoms with Gasteiger partial charge >= 0.3 is 0 Å². The van der Waals surface area contributed by atoms with E-state index < -0.39 is 0 Å². The third kappa shape index (κ3) is 4.95. The standard InChI is InChI=1S/C11H20N2O2/c1-8(2)12-6-11-13-5-10(15-11)7-14-9(3)4/h5,8-9,12H,6-7H2,1-4H3. The van der Waals surface area contributed by atoms with Gasteiger partial charge in [-0.1, -0.05) is 13.8 Å². The molecular weight excluding hydrogens is 192 g/mol. The highest BCUT2D eigenvalue weighted by Gasteiger charge is 2.05. The summed E-state index contributed by atoms with van der Waals surface area (Å²) in [6.45, 7) is 9.33. The van der Waals surface area contributed by atoms with Crippen molar-refractivity contribution in [2.75, 3.05) is 0 Å². The lowest BCUT2D eigenvalue weighted by atomic mass is 10.4. The summed E-state index contributed by atoms with van der Waals surface area (Å²) in [7, 11) is 0. The van der Waals surface area contributed by atoms with Crippen molar-refractivity contribution in [3.05, 3.63) is 17.8 Å². The second-order valence-corrected chi connectivity index (χ2v) is 4.12. The number of hydrogen-bond acceptors (Lipinski definition) is 4. The van der Waals surface area contributed by atoms with E-state index in [4.69, 9.17) is 9.15 Å². The van der Waals surface area contributed by atoms with Crippen LogP contribution in [0.5, 0.6) is 0 Å². The SMILES string of the molecule is CC(C)NCc1ncc(COC(C)C)o1. The van der Waals surface area contributed by atoms with E-state index in [-0.39, 0.29) is 6.10 Å². The monoisotopic (exact) mass is 212 g/mol. The molecule has 0 aromatic carbocycles. The summed E-state index contributed by atoms with van der Waals surface area (Å²) in [6, 6.07) is 0.437. The van der Waals surface area contributed by atoms with Gasteiger partial charge < -0.3 is 14.5 Å². The molecule has 1 rings (SSSR count). The first-order chi connectivity index (χ1) is 7.08. The fourth-order valence-electron chi connectivity index (χ4n) is 1.04. The molecule has 0 bridgehead atoms. The first-order valence-electron chi connectivity index (χ1n) is 5.36. The van der Waals surface area contributed by atoms with Gasteiger partial charge in [0.25, 0.3) is 0 Å². The predicted octanol–water partition coefficient (Wildman–Crippen LogP) is 2.10. The number of rotatable bonds is 6. The molecule has 0 fully saturated rings. The maximum Gasteiger partial charge on any atom is 0.208 e. The van der Waals surface area contributed by atoms with Gasteiger partial charge in [-0.15, -0.1) is 0 Å². The molecule has 4 nitrogen and oxygen atoms in total. The Labute approximate surface area is 91.0 Å². The molecule has 0 aliphatic heterocycles. The largest absolute Gasteiger partial charge is 0.442 e. The second-order valence-electron chi connectivity index (χ2n) is 4.12. The Morgan fingerprint density at radius 3 is 2.73 bits per heavy atom. The molecule has 0 radical (unpaired) electrons. The molecule has 4 heteroatoms. The highest BCUT2D eigenvalue weighted by atomic mass is 16.5. The average molecular weight is 212 g/mol. The average Bonchev–Trinajstić information content (AvgIpc) is 2.59. The molecule has 0 unspecified atom stereocenters. The van der Waals surface area contributed by atoms with Crippen molar-refractivity contribution in [1.29, 1.82) is 0 Å². The van der Waals surface area contributed by atoms with E-state index in [9.17, 15) is 0 Å². The van der Waals surface area contributed by atoms with E-state index in [1.165, 1.54) is 0 Å². The molecule has 1 N–H and O–H groups in total. The fourth-order valence-corrected chi connectivity index (χ4v) is 1.04. The van der Waals surface area contributed by atoms with Crippen LogP contribution in [0.2, 0.25) is 0 Å². The van der Waals surface area contributed by atoms with Gasteiger partial charge in [0.05, 0.1) is 18.8 Å². The number of hydrogen-bond donors (Lipinski definition) is 1. The maximum absolute atomic E-state index is 5.49. The summed E-state index contributed by atoms with van der Waals surface area (Å²) < 4.78 is 10.9. The quantitative estimate of drug-likeness (QED) is 0.784. The summed E-state index contributed by atoms with van der Waals surface area (Å²) in [5, 5.41) is 3.24. The Hall–Kier alpha value is -0.870. The van der Waals surface area contributed by atoms with Crippen LogP contribution >= 0.6 is 0 Å². The minimum absolute atomic E-state index is 0.215. The predicted molar refractivity (Wildman–Crippen MR) is 58.4 cm³/mol. The van der Waals surface area contributed by atoms with Crippen molar-refractivity contribution >= 4 is 0 Å². The molecule has 86 valence electrons. The summed E-state index contributed by atoms with van der Waals surface area (Å²) in [6.07, 6.45) is 1.94. The molecule has 1 heterocycles. The van der Waals surface area contributed by atoms with Crippen LogP contribution in [0.25, 0.3) is 0 Å². The first kappa shape index (κ1) is 12.2. The minimum Gasteiger partial charge on any atom is -0.442 e. The van der Waals surface area contributed by atoms with Gasteiger partial charge in [-0.3, -0.25) is 0 Å². The lowest BCUT2D eigenvalue weighted by Gasteiger charge is -2.05. The Bertz CT molecular complexity index is 255. The highest BCUT2D eigenvalue weighted by Crippen LogP contribution is 2.06. The smallest absolute Gasteiger partial charge is 0.208 e. The molecule has 1 aromatic rings. The molecular formula is C11H20N2O2. The molecule has 0 amide bonds. The Balaban J connectivity index is 2.35. The molecule has 0 aliphatic carbocycles. The molecule has 0 spiro atoms. The highest BCUT2D eigenvalue weighted by molar-refractivity contribution is 4.92. The summed E-state index contributed by atoms with van der Waals surface area (Å²) >= 11 is 0. The Morgan fingerprint density at radius 1 is 1.40 bits per heavy atom. The zero-order chi connectivity index (χ0) is 11.3. The van der Waals surface area contributed by atoms with Crippen molar-refractivity contribution in [3.8, 4) is 0 Å². The van der Waals surface area contributed by atoms with E-state index in [1.54, 1.807) is 6.20 Å². The molecule has 0 atom stereocenters. The van der Waals surface area contributed by atoms with E-state index in [1.807, 2.05) is 13.8 Å². The number of nitrogens with one attached hydrogen (secondary N) is 1. The van der Waals surface area contributed by atoms with Crippen LogP contribution in [0.3, 0.4) is 0 Å². The zero-order valence-corrected chi connectivity index (χ0v) is 9.91. The van der Waals surface area contributed by atoms with Crippen molar-refractivity contribution in [3.63, 3.8) is 0 Å². The fraction of sp³-hybridized carbons (Fsp3) is 0.727. The van der Waals surface area contributed by atoms with Crippen LogP contribution in [0.1, 0.15) is 39.3 Å². The molecule has 0 saturated carbocycles. The molecule has 1 aromatic heterocycles. The Morgan fingerprint density at radius 2 is 2.13 bits per heavy atom. The van der Waals surface area contributed by atoms with Crippen LogP contribution in [-0.4, -0.2) is 17.1 Å². The van der Waals surface area contributed by atoms with Gasteiger partial charge in [-0.05, 0) is 13.8 Å². The first-order valence-corrected chi connectivity index (χ1v) is 5.36. The van der Waals surface area contributed by atoms with Gasteiger partial charge in [-0.25, -0.2) is 4.98 Å². The molecule has 15 heavy (non-hydrogen) atoms. The van der Waals surface area contributed by atoms with Gasteiger partial charge in [-0.2, -0.15) is 0 Å². The van der Waals surface area contributed by atoms with Crippen LogP contribution in [0.4, 0.5) is 0 Å². The summed E-state index contributed by atoms with van der Waals surface area (Å²) in [5.74, 6) is 1.50. The van der Waals surface area contributed by atoms with E-state index in [0.29, 0.717) is 25.1 Å². The Kier molecular flexibility index (Phi) is 4.78. The summed E-state index contributed by atoms with van der Waals surface area (Å²) in [5.41, 5.74) is 0. The van der Waals surface area contributed by atoms with Crippen LogP contribution in [0.15, 0.2) is 10.6 Å². The second kappa shape index (κ2) is 5.88. The number of aromatic nitrogens is 1. The van der Waals surface area contributed by atoms with Gasteiger partial charge in [0.2, 0.25) is 5.89 Å². The minimum atomic E-state index is 0.215. The van der Waals surface area contributed by atoms with Crippen molar-refractivity contribution < 1.29 is 9.15 Å². The molecule has 0 aliphatic rings. The van der Waals surface area contributed by atoms with Crippen molar-refractivity contribution in [2.45, 2.75) is 53.0 Å². The number of ether oxygens (including phenoxy) is 1. The topological polar surface area (TPSA) is 47.3 Å². The van der Waals surface area contributed by atoms with Crippen LogP contribution < -0.4 is 5.32 Å². The van der Waals surface area contributed by atoms with Crippen LogP contribution in [0, 0.1) is 0 Å². The zero-order valence-electron chi connectivity index (χ0n) is 9.91. The summed E-state index contributed by atoms with van der Waals surface area (Å²) in [4.78, 5) is 4.16. The lowest BCUT2D eigenvalue weighted by Crippen LogP contribution is -2.21. The molecule has 0 saturated heterocycles. The third-order valence-electron chi connectivity index (χ3n) is 1.82.